The normalized spacial score (nSPS) is 17.3. The molecule has 0 spiro atoms. The van der Waals surface area contributed by atoms with E-state index in [1.165, 1.54) is 0 Å². The third-order valence-corrected chi connectivity index (χ3v) is 9.68. The van der Waals surface area contributed by atoms with Gasteiger partial charge < -0.3 is 25.1 Å². The Morgan fingerprint density at radius 2 is 1.70 bits per heavy atom. The number of benzene rings is 2. The molecule has 2 atom stereocenters. The molecule has 5 rings (SSSR count). The van der Waals surface area contributed by atoms with Gasteiger partial charge in [0, 0.05) is 50.5 Å². The van der Waals surface area contributed by atoms with Crippen molar-refractivity contribution in [3.8, 4) is 5.69 Å². The first-order valence-corrected chi connectivity index (χ1v) is 18.1. The number of aryl methyl sites for hydroxylation is 1. The van der Waals surface area contributed by atoms with Crippen molar-refractivity contribution in [1.82, 2.24) is 24.5 Å². The molecular formula is C39H52N6O5. The number of nitrogens with one attached hydrogen (secondary N) is 1. The van der Waals surface area contributed by atoms with E-state index in [2.05, 4.69) is 19.2 Å². The molecule has 11 heteroatoms. The molecule has 2 aliphatic rings. The number of hydrogen-bond donors (Lipinski definition) is 2. The number of carbonyl (C=O) groups excluding carboxylic acids is 4. The minimum absolute atomic E-state index is 0.0343. The Balaban J connectivity index is 1.50. The van der Waals surface area contributed by atoms with Crippen LogP contribution in [-0.4, -0.2) is 92.0 Å². The summed E-state index contributed by atoms with van der Waals surface area (Å²) in [5.41, 5.74) is 4.26. The Morgan fingerprint density at radius 1 is 1.00 bits per heavy atom. The molecule has 50 heavy (non-hydrogen) atoms. The van der Waals surface area contributed by atoms with Gasteiger partial charge in [-0.05, 0) is 67.5 Å². The van der Waals surface area contributed by atoms with E-state index in [9.17, 15) is 24.3 Å². The summed E-state index contributed by atoms with van der Waals surface area (Å²) in [6, 6.07) is 14.3. The molecule has 0 bridgehead atoms. The molecular weight excluding hydrogens is 632 g/mol. The van der Waals surface area contributed by atoms with E-state index in [1.807, 2.05) is 49.9 Å². The number of nitrogens with zero attached hydrogens (tertiary/aromatic N) is 5. The lowest BCUT2D eigenvalue weighted by atomic mass is 9.93. The van der Waals surface area contributed by atoms with Crippen molar-refractivity contribution in [2.75, 3.05) is 38.1 Å². The zero-order valence-corrected chi connectivity index (χ0v) is 30.2. The Bertz CT molecular complexity index is 1690. The maximum absolute atomic E-state index is 14.6. The molecule has 1 saturated heterocycles. The van der Waals surface area contributed by atoms with E-state index < -0.39 is 12.0 Å². The first kappa shape index (κ1) is 36.8. The molecule has 2 unspecified atom stereocenters. The Morgan fingerprint density at radius 3 is 2.36 bits per heavy atom. The SMILES string of the molecule is CCCCN(CCCC)C(=O)c1cc(C)n(-c2ccc(NC(=O)C3CC(=O)N(CC(C)C)C3)cc2C(=O)N2Cc3ccccc3CC2CO)n1. The summed E-state index contributed by atoms with van der Waals surface area (Å²) in [6.07, 6.45) is 4.40. The Hall–Kier alpha value is -4.51. The van der Waals surface area contributed by atoms with Crippen LogP contribution in [-0.2, 0) is 22.6 Å². The molecule has 2 aromatic carbocycles. The number of anilines is 1. The zero-order valence-electron chi connectivity index (χ0n) is 30.2. The second kappa shape index (κ2) is 16.5. The van der Waals surface area contributed by atoms with Crippen molar-refractivity contribution in [3.63, 3.8) is 0 Å². The molecule has 1 aromatic heterocycles. The highest BCUT2D eigenvalue weighted by atomic mass is 16.3. The molecule has 0 aliphatic carbocycles. The highest BCUT2D eigenvalue weighted by Crippen LogP contribution is 2.30. The summed E-state index contributed by atoms with van der Waals surface area (Å²) in [6.45, 7) is 12.5. The fraction of sp³-hybridized carbons (Fsp3) is 0.513. The second-order valence-electron chi connectivity index (χ2n) is 14.1. The Kier molecular flexibility index (Phi) is 12.1. The van der Waals surface area contributed by atoms with Crippen LogP contribution < -0.4 is 5.32 Å². The van der Waals surface area contributed by atoms with Gasteiger partial charge in [0.1, 0.15) is 0 Å². The minimum atomic E-state index is -0.497. The smallest absolute Gasteiger partial charge is 0.274 e. The first-order valence-electron chi connectivity index (χ1n) is 18.1. The first-order chi connectivity index (χ1) is 24.0. The van der Waals surface area contributed by atoms with Crippen molar-refractivity contribution >= 4 is 29.3 Å². The summed E-state index contributed by atoms with van der Waals surface area (Å²) in [7, 11) is 0. The second-order valence-corrected chi connectivity index (χ2v) is 14.1. The van der Waals surface area contributed by atoms with Crippen LogP contribution in [0, 0.1) is 18.8 Å². The van der Waals surface area contributed by atoms with Crippen LogP contribution in [0.3, 0.4) is 0 Å². The average Bonchev–Trinajstić information content (AvgIpc) is 3.68. The van der Waals surface area contributed by atoms with Crippen molar-refractivity contribution in [3.05, 3.63) is 76.6 Å². The maximum Gasteiger partial charge on any atom is 0.274 e. The van der Waals surface area contributed by atoms with Gasteiger partial charge in [-0.25, -0.2) is 4.68 Å². The highest BCUT2D eigenvalue weighted by molar-refractivity contribution is 6.02. The van der Waals surface area contributed by atoms with Gasteiger partial charge in [0.05, 0.1) is 29.8 Å². The van der Waals surface area contributed by atoms with E-state index in [-0.39, 0.29) is 42.2 Å². The van der Waals surface area contributed by atoms with Crippen LogP contribution in [0.1, 0.15) is 97.5 Å². The minimum Gasteiger partial charge on any atom is -0.394 e. The van der Waals surface area contributed by atoms with Crippen LogP contribution in [0.15, 0.2) is 48.5 Å². The summed E-state index contributed by atoms with van der Waals surface area (Å²) in [4.78, 5) is 59.6. The number of amides is 4. The van der Waals surface area contributed by atoms with Gasteiger partial charge in [-0.15, -0.1) is 0 Å². The molecule has 0 saturated carbocycles. The van der Waals surface area contributed by atoms with Crippen LogP contribution in [0.25, 0.3) is 5.69 Å². The monoisotopic (exact) mass is 684 g/mol. The van der Waals surface area contributed by atoms with Crippen molar-refractivity contribution in [1.29, 1.82) is 0 Å². The Labute approximate surface area is 295 Å². The van der Waals surface area contributed by atoms with E-state index >= 15 is 0 Å². The van der Waals surface area contributed by atoms with Crippen LogP contribution in [0.4, 0.5) is 5.69 Å². The molecule has 268 valence electrons. The van der Waals surface area contributed by atoms with Gasteiger partial charge in [0.15, 0.2) is 5.69 Å². The quantitative estimate of drug-likeness (QED) is 0.240. The lowest BCUT2D eigenvalue weighted by Crippen LogP contribution is -2.46. The third kappa shape index (κ3) is 8.26. The standard InChI is InChI=1S/C39H52N6O5/c1-6-8-16-42(17-9-7-2)39(50)34-18-27(5)45(41-34)35-15-14-31(40-37(48)30-20-36(47)43(23-30)22-26(3)4)21-33(35)38(49)44-24-29-13-11-10-12-28(29)19-32(44)25-46/h10-15,18,21,26,30,32,46H,6-9,16-17,19-20,22-25H2,1-5H3,(H,40,48). The fourth-order valence-electron chi connectivity index (χ4n) is 6.92. The molecule has 3 aromatic rings. The van der Waals surface area contributed by atoms with Crippen molar-refractivity contribution in [2.45, 2.75) is 85.7 Å². The average molecular weight is 685 g/mol. The molecule has 11 nitrogen and oxygen atoms in total. The topological polar surface area (TPSA) is 128 Å². The number of rotatable bonds is 14. The van der Waals surface area contributed by atoms with E-state index in [0.717, 1.165) is 36.8 Å². The number of likely N-dealkylation sites (tertiary alicyclic amines) is 1. The fourth-order valence-corrected chi connectivity index (χ4v) is 6.92. The predicted octanol–water partition coefficient (Wildman–Crippen LogP) is 5.23. The number of unbranched alkanes of at least 4 members (excludes halogenated alkanes) is 2. The van der Waals surface area contributed by atoms with Crippen LogP contribution in [0.2, 0.25) is 0 Å². The summed E-state index contributed by atoms with van der Waals surface area (Å²) < 4.78 is 1.62. The van der Waals surface area contributed by atoms with Gasteiger partial charge in [-0.2, -0.15) is 5.10 Å². The summed E-state index contributed by atoms with van der Waals surface area (Å²) in [5.74, 6) is -0.979. The third-order valence-electron chi connectivity index (χ3n) is 9.68. The van der Waals surface area contributed by atoms with E-state index in [0.29, 0.717) is 67.8 Å². The number of fused-ring (bicyclic) bond motifs is 1. The number of carbonyl (C=O) groups is 4. The van der Waals surface area contributed by atoms with Gasteiger partial charge in [-0.1, -0.05) is 64.8 Å². The maximum atomic E-state index is 14.6. The van der Waals surface area contributed by atoms with Gasteiger partial charge >= 0.3 is 0 Å². The number of aliphatic hydroxyl groups is 1. The number of hydrogen-bond acceptors (Lipinski definition) is 6. The highest BCUT2D eigenvalue weighted by Gasteiger charge is 2.35. The summed E-state index contributed by atoms with van der Waals surface area (Å²) >= 11 is 0. The van der Waals surface area contributed by atoms with Gasteiger partial charge in [0.2, 0.25) is 11.8 Å². The molecule has 2 N–H and O–H groups in total. The van der Waals surface area contributed by atoms with E-state index in [4.69, 9.17) is 5.10 Å². The zero-order chi connectivity index (χ0) is 35.9. The lowest BCUT2D eigenvalue weighted by molar-refractivity contribution is -0.128. The van der Waals surface area contributed by atoms with Crippen LogP contribution in [0.5, 0.6) is 0 Å². The molecule has 0 radical (unpaired) electrons. The number of aromatic nitrogens is 2. The molecule has 3 heterocycles. The van der Waals surface area contributed by atoms with Gasteiger partial charge in [-0.3, -0.25) is 19.2 Å². The van der Waals surface area contributed by atoms with Crippen LogP contribution >= 0.6 is 0 Å². The molecule has 4 amide bonds. The summed E-state index contributed by atoms with van der Waals surface area (Å²) in [5, 5.41) is 18.1. The number of aliphatic hydroxyl groups excluding tert-OH is 1. The largest absolute Gasteiger partial charge is 0.394 e. The molecule has 1 fully saturated rings. The van der Waals surface area contributed by atoms with Gasteiger partial charge in [0.25, 0.3) is 11.8 Å². The molecule has 2 aliphatic heterocycles. The van der Waals surface area contributed by atoms with E-state index in [1.54, 1.807) is 38.7 Å². The van der Waals surface area contributed by atoms with Crippen molar-refractivity contribution < 1.29 is 24.3 Å². The van der Waals surface area contributed by atoms with Crippen molar-refractivity contribution in [2.24, 2.45) is 11.8 Å². The lowest BCUT2D eigenvalue weighted by Gasteiger charge is -2.36. The predicted molar refractivity (Wildman–Crippen MR) is 193 cm³/mol.